The molecule has 1 unspecified atom stereocenters. The lowest BCUT2D eigenvalue weighted by atomic mass is 10.0. The maximum Gasteiger partial charge on any atom is 0.121 e. The minimum Gasteiger partial charge on any atom is -0.496 e. The van der Waals surface area contributed by atoms with Gasteiger partial charge in [0.1, 0.15) is 5.75 Å². The molecule has 4 heteroatoms. The Balaban J connectivity index is 2.31. The summed E-state index contributed by atoms with van der Waals surface area (Å²) >= 11 is 0. The van der Waals surface area contributed by atoms with Gasteiger partial charge in [-0.2, -0.15) is 5.10 Å². The van der Waals surface area contributed by atoms with Crippen LogP contribution in [0.25, 0.3) is 0 Å². The summed E-state index contributed by atoms with van der Waals surface area (Å²) in [6, 6.07) is 7.70. The van der Waals surface area contributed by atoms with Crippen LogP contribution in [0.1, 0.15) is 22.9 Å². The maximum absolute atomic E-state index is 6.17. The molecule has 0 bridgehead atoms. The van der Waals surface area contributed by atoms with E-state index < -0.39 is 0 Å². The van der Waals surface area contributed by atoms with Crippen molar-refractivity contribution in [1.29, 1.82) is 0 Å². The second-order valence-corrected chi connectivity index (χ2v) is 4.12. The van der Waals surface area contributed by atoms with Crippen LogP contribution in [0, 0.1) is 6.92 Å². The van der Waals surface area contributed by atoms with Crippen molar-refractivity contribution in [2.45, 2.75) is 13.0 Å². The minimum atomic E-state index is -0.194. The summed E-state index contributed by atoms with van der Waals surface area (Å²) in [6.45, 7) is 2.01. The molecule has 17 heavy (non-hydrogen) atoms. The summed E-state index contributed by atoms with van der Waals surface area (Å²) in [7, 11) is 3.55. The molecule has 0 aliphatic rings. The Morgan fingerprint density at radius 1 is 1.35 bits per heavy atom. The number of rotatable bonds is 3. The topological polar surface area (TPSA) is 53.1 Å². The average Bonchev–Trinajstić information content (AvgIpc) is 2.75. The van der Waals surface area contributed by atoms with E-state index >= 15 is 0 Å². The molecule has 1 aromatic heterocycles. The molecule has 1 heterocycles. The number of hydrogen-bond acceptors (Lipinski definition) is 3. The molecule has 0 saturated carbocycles. The predicted molar refractivity (Wildman–Crippen MR) is 67.0 cm³/mol. The fraction of sp³-hybridized carbons (Fsp3) is 0.308. The van der Waals surface area contributed by atoms with E-state index in [1.807, 2.05) is 44.4 Å². The quantitative estimate of drug-likeness (QED) is 0.876. The lowest BCUT2D eigenvalue weighted by Crippen LogP contribution is -2.13. The van der Waals surface area contributed by atoms with Crippen LogP contribution in [-0.2, 0) is 7.05 Å². The molecule has 1 atom stereocenters. The van der Waals surface area contributed by atoms with E-state index in [-0.39, 0.29) is 6.04 Å². The van der Waals surface area contributed by atoms with Crippen LogP contribution in [0.3, 0.4) is 0 Å². The lowest BCUT2D eigenvalue weighted by molar-refractivity contribution is 0.411. The second kappa shape index (κ2) is 4.59. The van der Waals surface area contributed by atoms with E-state index in [9.17, 15) is 0 Å². The highest BCUT2D eigenvalue weighted by Crippen LogP contribution is 2.24. The van der Waals surface area contributed by atoms with Crippen molar-refractivity contribution in [2.24, 2.45) is 12.8 Å². The molecule has 0 spiro atoms. The zero-order valence-corrected chi connectivity index (χ0v) is 10.3. The van der Waals surface area contributed by atoms with Gasteiger partial charge in [0.25, 0.3) is 0 Å². The summed E-state index contributed by atoms with van der Waals surface area (Å²) in [5.41, 5.74) is 9.17. The third-order valence-corrected chi connectivity index (χ3v) is 2.83. The second-order valence-electron chi connectivity index (χ2n) is 4.12. The molecule has 2 rings (SSSR count). The molecule has 0 radical (unpaired) electrons. The van der Waals surface area contributed by atoms with Gasteiger partial charge in [-0.3, -0.25) is 4.68 Å². The summed E-state index contributed by atoms with van der Waals surface area (Å²) in [5.74, 6) is 0.877. The molecule has 0 aliphatic carbocycles. The SMILES string of the molecule is COc1ccc(C(N)c2ccn(C)n2)cc1C. The highest BCUT2D eigenvalue weighted by Gasteiger charge is 2.12. The molecular formula is C13H17N3O. The first kappa shape index (κ1) is 11.7. The molecule has 2 N–H and O–H groups in total. The summed E-state index contributed by atoms with van der Waals surface area (Å²) < 4.78 is 6.98. The molecule has 0 aliphatic heterocycles. The Kier molecular flexibility index (Phi) is 3.15. The van der Waals surface area contributed by atoms with Crippen molar-refractivity contribution >= 4 is 0 Å². The van der Waals surface area contributed by atoms with E-state index in [4.69, 9.17) is 10.5 Å². The Hall–Kier alpha value is -1.81. The first-order valence-electron chi connectivity index (χ1n) is 5.51. The first-order valence-corrected chi connectivity index (χ1v) is 5.51. The van der Waals surface area contributed by atoms with Crippen LogP contribution in [0.4, 0.5) is 0 Å². The van der Waals surface area contributed by atoms with Crippen LogP contribution >= 0.6 is 0 Å². The van der Waals surface area contributed by atoms with Crippen molar-refractivity contribution < 1.29 is 4.74 Å². The number of methoxy groups -OCH3 is 1. The molecule has 90 valence electrons. The van der Waals surface area contributed by atoms with Crippen molar-refractivity contribution in [3.05, 3.63) is 47.3 Å². The number of nitrogens with two attached hydrogens (primary N) is 1. The smallest absolute Gasteiger partial charge is 0.121 e. The molecule has 0 fully saturated rings. The van der Waals surface area contributed by atoms with E-state index in [1.165, 1.54) is 0 Å². The van der Waals surface area contributed by atoms with Crippen molar-refractivity contribution in [2.75, 3.05) is 7.11 Å². The largest absolute Gasteiger partial charge is 0.496 e. The number of nitrogens with zero attached hydrogens (tertiary/aromatic N) is 2. The fourth-order valence-electron chi connectivity index (χ4n) is 1.86. The number of aromatic nitrogens is 2. The van der Waals surface area contributed by atoms with Gasteiger partial charge in [-0.05, 0) is 30.2 Å². The average molecular weight is 231 g/mol. The van der Waals surface area contributed by atoms with Gasteiger partial charge in [-0.25, -0.2) is 0 Å². The van der Waals surface area contributed by atoms with E-state index in [0.29, 0.717) is 0 Å². The number of ether oxygens (including phenoxy) is 1. The number of hydrogen-bond donors (Lipinski definition) is 1. The van der Waals surface area contributed by atoms with Crippen LogP contribution in [0.2, 0.25) is 0 Å². The van der Waals surface area contributed by atoms with Crippen LogP contribution in [-0.4, -0.2) is 16.9 Å². The predicted octanol–water partition coefficient (Wildman–Crippen LogP) is 1.79. The standard InChI is InChI=1S/C13H17N3O/c1-9-8-10(4-5-12(9)17-3)13(14)11-6-7-16(2)15-11/h4-8,13H,14H2,1-3H3. The Bertz CT molecular complexity index is 519. The maximum atomic E-state index is 6.17. The molecular weight excluding hydrogens is 214 g/mol. The summed E-state index contributed by atoms with van der Waals surface area (Å²) in [5, 5.41) is 4.32. The Morgan fingerprint density at radius 2 is 2.12 bits per heavy atom. The normalized spacial score (nSPS) is 12.5. The molecule has 2 aromatic rings. The van der Waals surface area contributed by atoms with Gasteiger partial charge in [0, 0.05) is 13.2 Å². The van der Waals surface area contributed by atoms with Crippen molar-refractivity contribution in [1.82, 2.24) is 9.78 Å². The van der Waals surface area contributed by atoms with Gasteiger partial charge in [0.05, 0.1) is 18.8 Å². The van der Waals surface area contributed by atoms with E-state index in [0.717, 1.165) is 22.6 Å². The monoisotopic (exact) mass is 231 g/mol. The highest BCUT2D eigenvalue weighted by molar-refractivity contribution is 5.39. The summed E-state index contributed by atoms with van der Waals surface area (Å²) in [4.78, 5) is 0. The Morgan fingerprint density at radius 3 is 2.65 bits per heavy atom. The highest BCUT2D eigenvalue weighted by atomic mass is 16.5. The third-order valence-electron chi connectivity index (χ3n) is 2.83. The van der Waals surface area contributed by atoms with E-state index in [2.05, 4.69) is 5.10 Å². The fourth-order valence-corrected chi connectivity index (χ4v) is 1.86. The zero-order valence-electron chi connectivity index (χ0n) is 10.3. The third kappa shape index (κ3) is 2.31. The molecule has 1 aromatic carbocycles. The Labute approximate surface area is 101 Å². The van der Waals surface area contributed by atoms with Gasteiger partial charge in [0.15, 0.2) is 0 Å². The molecule has 4 nitrogen and oxygen atoms in total. The van der Waals surface area contributed by atoms with Crippen molar-refractivity contribution in [3.8, 4) is 5.75 Å². The van der Waals surface area contributed by atoms with Crippen LogP contribution < -0.4 is 10.5 Å². The molecule has 0 amide bonds. The first-order chi connectivity index (χ1) is 8.11. The molecule has 0 saturated heterocycles. The van der Waals surface area contributed by atoms with Crippen LogP contribution in [0.15, 0.2) is 30.5 Å². The minimum absolute atomic E-state index is 0.194. The van der Waals surface area contributed by atoms with Crippen molar-refractivity contribution in [3.63, 3.8) is 0 Å². The van der Waals surface area contributed by atoms with Gasteiger partial charge in [0.2, 0.25) is 0 Å². The number of aryl methyl sites for hydroxylation is 2. The van der Waals surface area contributed by atoms with Gasteiger partial charge in [-0.15, -0.1) is 0 Å². The van der Waals surface area contributed by atoms with Gasteiger partial charge >= 0.3 is 0 Å². The summed E-state index contributed by atoms with van der Waals surface area (Å²) in [6.07, 6.45) is 1.89. The number of benzene rings is 1. The van der Waals surface area contributed by atoms with Gasteiger partial charge in [-0.1, -0.05) is 12.1 Å². The zero-order chi connectivity index (χ0) is 12.4. The van der Waals surface area contributed by atoms with Gasteiger partial charge < -0.3 is 10.5 Å². The lowest BCUT2D eigenvalue weighted by Gasteiger charge is -2.12. The van der Waals surface area contributed by atoms with Crippen LogP contribution in [0.5, 0.6) is 5.75 Å². The van der Waals surface area contributed by atoms with E-state index in [1.54, 1.807) is 11.8 Å².